The summed E-state index contributed by atoms with van der Waals surface area (Å²) in [6.45, 7) is 18.1. The fraction of sp³-hybridized carbons (Fsp3) is 0.857. The quantitative estimate of drug-likeness (QED) is 0.198. The summed E-state index contributed by atoms with van der Waals surface area (Å²) in [5.74, 6) is 0.748. The molecule has 1 aliphatic heterocycles. The highest BCUT2D eigenvalue weighted by Gasteiger charge is 2.46. The van der Waals surface area contributed by atoms with Crippen LogP contribution in [0.15, 0.2) is 12.2 Å². The predicted molar refractivity (Wildman–Crippen MR) is 144 cm³/mol. The zero-order valence-electron chi connectivity index (χ0n) is 23.8. The first kappa shape index (κ1) is 29.9. The summed E-state index contributed by atoms with van der Waals surface area (Å²) in [4.78, 5) is 26.9. The maximum absolute atomic E-state index is 13.4. The van der Waals surface area contributed by atoms with E-state index in [1.807, 2.05) is 26.8 Å². The summed E-state index contributed by atoms with van der Waals surface area (Å²) in [5, 5.41) is 0.218. The van der Waals surface area contributed by atoms with Gasteiger partial charge in [-0.1, -0.05) is 33.3 Å². The van der Waals surface area contributed by atoms with Crippen LogP contribution in [0, 0.1) is 11.8 Å². The zero-order valence-corrected chi connectivity index (χ0v) is 24.8. The minimum atomic E-state index is -1.76. The van der Waals surface area contributed by atoms with Crippen LogP contribution in [0.5, 0.6) is 0 Å². The predicted octanol–water partition coefficient (Wildman–Crippen LogP) is 7.09. The lowest BCUT2D eigenvalue weighted by molar-refractivity contribution is -0.134. The Morgan fingerprint density at radius 2 is 1.69 bits per heavy atom. The normalized spacial score (nSPS) is 25.9. The first-order valence-electron chi connectivity index (χ1n) is 13.6. The molecule has 0 bridgehead atoms. The van der Waals surface area contributed by atoms with Gasteiger partial charge in [0, 0.05) is 24.8 Å². The number of fused-ring (bicyclic) bond motifs is 1. The number of piperidine rings is 1. The Balaban J connectivity index is 2.11. The lowest BCUT2D eigenvalue weighted by Crippen LogP contribution is -2.57. The lowest BCUT2D eigenvalue weighted by atomic mass is 9.68. The number of carbonyl (C=O) groups is 2. The van der Waals surface area contributed by atoms with Crippen molar-refractivity contribution >= 4 is 20.4 Å². The van der Waals surface area contributed by atoms with E-state index in [0.29, 0.717) is 11.8 Å². The monoisotopic (exact) mass is 509 g/mol. The van der Waals surface area contributed by atoms with Gasteiger partial charge in [0.25, 0.3) is 0 Å². The third kappa shape index (κ3) is 8.62. The molecular formula is C28H51NO5Si. The van der Waals surface area contributed by atoms with Crippen LogP contribution < -0.4 is 0 Å². The number of esters is 1. The average molecular weight is 510 g/mol. The molecule has 1 saturated heterocycles. The molecule has 2 rings (SSSR count). The molecule has 0 radical (unpaired) electrons. The first-order valence-corrected chi connectivity index (χ1v) is 16.5. The minimum absolute atomic E-state index is 0.135. The summed E-state index contributed by atoms with van der Waals surface area (Å²) in [5.41, 5.74) is -0.523. The Morgan fingerprint density at radius 3 is 2.29 bits per heavy atom. The number of ether oxygens (including phenoxy) is 2. The molecule has 0 unspecified atom stereocenters. The van der Waals surface area contributed by atoms with Crippen LogP contribution in [0.2, 0.25) is 18.1 Å². The van der Waals surface area contributed by atoms with Gasteiger partial charge < -0.3 is 18.8 Å². The van der Waals surface area contributed by atoms with Gasteiger partial charge in [-0.2, -0.15) is 0 Å². The van der Waals surface area contributed by atoms with Crippen LogP contribution in [0.25, 0.3) is 0 Å². The molecule has 1 saturated carbocycles. The fourth-order valence-electron chi connectivity index (χ4n) is 5.36. The van der Waals surface area contributed by atoms with Crippen molar-refractivity contribution in [1.29, 1.82) is 0 Å². The number of likely N-dealkylation sites (tertiary alicyclic amines) is 1. The van der Waals surface area contributed by atoms with Crippen molar-refractivity contribution in [3.05, 3.63) is 12.2 Å². The second-order valence-electron chi connectivity index (χ2n) is 12.9. The van der Waals surface area contributed by atoms with Crippen molar-refractivity contribution in [3.63, 3.8) is 0 Å². The van der Waals surface area contributed by atoms with Gasteiger partial charge in [-0.05, 0) is 95.7 Å². The standard InChI is InChI=1S/C28H51NO5Si/c1-27(2,3)34-26(31)29-22(14-10-11-16-25(30)32-7)17-18-23-21(13-12-15-24(23)29)19-20-33-35(8,9)28(4,5)6/h11,16,21-24H,10,12-15,17-20H2,1-9H3/b16-11+/t21-,22+,23-,24+/m0/s1. The fourth-order valence-corrected chi connectivity index (χ4v) is 6.42. The van der Waals surface area contributed by atoms with Crippen molar-refractivity contribution in [2.45, 2.75) is 129 Å². The first-order chi connectivity index (χ1) is 16.2. The molecule has 4 atom stereocenters. The van der Waals surface area contributed by atoms with Gasteiger partial charge in [0.15, 0.2) is 8.32 Å². The van der Waals surface area contributed by atoms with Crippen LogP contribution in [-0.4, -0.2) is 56.7 Å². The second kappa shape index (κ2) is 12.3. The molecule has 0 spiro atoms. The Morgan fingerprint density at radius 1 is 1.00 bits per heavy atom. The molecule has 0 aromatic carbocycles. The van der Waals surface area contributed by atoms with E-state index in [4.69, 9.17) is 13.9 Å². The number of rotatable bonds is 8. The smallest absolute Gasteiger partial charge is 0.410 e. The van der Waals surface area contributed by atoms with Crippen molar-refractivity contribution < 1.29 is 23.5 Å². The highest BCUT2D eigenvalue weighted by atomic mass is 28.4. The maximum Gasteiger partial charge on any atom is 0.410 e. The second-order valence-corrected chi connectivity index (χ2v) is 17.8. The number of allylic oxidation sites excluding steroid dienone is 1. The average Bonchev–Trinajstić information content (AvgIpc) is 2.74. The zero-order chi connectivity index (χ0) is 26.4. The van der Waals surface area contributed by atoms with E-state index in [-0.39, 0.29) is 29.2 Å². The number of hydrogen-bond donors (Lipinski definition) is 0. The van der Waals surface area contributed by atoms with Crippen LogP contribution in [0.3, 0.4) is 0 Å². The van der Waals surface area contributed by atoms with Crippen LogP contribution in [-0.2, 0) is 18.7 Å². The number of amides is 1. The van der Waals surface area contributed by atoms with Crippen molar-refractivity contribution in [3.8, 4) is 0 Å². The molecule has 0 N–H and O–H groups in total. The Bertz CT molecular complexity index is 737. The topological polar surface area (TPSA) is 65.1 Å². The summed E-state index contributed by atoms with van der Waals surface area (Å²) in [6, 6.07) is 0.357. The molecule has 35 heavy (non-hydrogen) atoms. The minimum Gasteiger partial charge on any atom is -0.466 e. The lowest BCUT2D eigenvalue weighted by Gasteiger charge is -2.51. The van der Waals surface area contributed by atoms with E-state index >= 15 is 0 Å². The summed E-state index contributed by atoms with van der Waals surface area (Å²) >= 11 is 0. The Kier molecular flexibility index (Phi) is 10.5. The third-order valence-corrected chi connectivity index (χ3v) is 12.8. The van der Waals surface area contributed by atoms with Gasteiger partial charge in [0.2, 0.25) is 0 Å². The van der Waals surface area contributed by atoms with E-state index in [1.54, 1.807) is 0 Å². The van der Waals surface area contributed by atoms with Gasteiger partial charge in [-0.25, -0.2) is 9.59 Å². The van der Waals surface area contributed by atoms with E-state index in [2.05, 4.69) is 38.8 Å². The molecule has 0 aromatic heterocycles. The van der Waals surface area contributed by atoms with Crippen LogP contribution in [0.1, 0.15) is 92.9 Å². The number of hydrogen-bond acceptors (Lipinski definition) is 5. The molecule has 0 aromatic rings. The molecule has 6 nitrogen and oxygen atoms in total. The maximum atomic E-state index is 13.4. The van der Waals surface area contributed by atoms with E-state index in [1.165, 1.54) is 19.6 Å². The molecule has 1 heterocycles. The molecule has 2 fully saturated rings. The molecule has 202 valence electrons. The highest BCUT2D eigenvalue weighted by molar-refractivity contribution is 6.74. The summed E-state index contributed by atoms with van der Waals surface area (Å²) in [6.07, 6.45) is 11.3. The van der Waals surface area contributed by atoms with Crippen molar-refractivity contribution in [1.82, 2.24) is 4.90 Å². The highest BCUT2D eigenvalue weighted by Crippen LogP contribution is 2.44. The van der Waals surface area contributed by atoms with Crippen molar-refractivity contribution in [2.24, 2.45) is 11.8 Å². The largest absolute Gasteiger partial charge is 0.466 e. The summed E-state index contributed by atoms with van der Waals surface area (Å²) in [7, 11) is -0.372. The third-order valence-electron chi connectivity index (χ3n) is 8.24. The van der Waals surface area contributed by atoms with Crippen LogP contribution in [0.4, 0.5) is 4.79 Å². The van der Waals surface area contributed by atoms with Gasteiger partial charge >= 0.3 is 12.1 Å². The van der Waals surface area contributed by atoms with Gasteiger partial charge in [0.1, 0.15) is 5.60 Å². The number of carbonyl (C=O) groups excluding carboxylic acids is 2. The molecule has 1 aliphatic carbocycles. The Hall–Kier alpha value is -1.34. The van der Waals surface area contributed by atoms with E-state index in [9.17, 15) is 9.59 Å². The van der Waals surface area contributed by atoms with Crippen molar-refractivity contribution in [2.75, 3.05) is 13.7 Å². The van der Waals surface area contributed by atoms with Crippen LogP contribution >= 0.6 is 0 Å². The number of nitrogens with zero attached hydrogens (tertiary/aromatic N) is 1. The Labute approximate surface area is 215 Å². The molecule has 7 heteroatoms. The molecule has 1 amide bonds. The van der Waals surface area contributed by atoms with E-state index < -0.39 is 13.9 Å². The van der Waals surface area contributed by atoms with Gasteiger partial charge in [-0.3, -0.25) is 0 Å². The van der Waals surface area contributed by atoms with E-state index in [0.717, 1.165) is 51.6 Å². The number of methoxy groups -OCH3 is 1. The molecule has 2 aliphatic rings. The van der Waals surface area contributed by atoms with Gasteiger partial charge in [0.05, 0.1) is 7.11 Å². The molecular weight excluding hydrogens is 458 g/mol. The van der Waals surface area contributed by atoms with Gasteiger partial charge in [-0.15, -0.1) is 0 Å². The SMILES string of the molecule is COC(=O)/C=C/CC[C@@H]1CC[C@H]2[C@H](CCO[Si](C)(C)C(C)(C)C)CCC[C@H]2N1C(=O)OC(C)(C)C. The summed E-state index contributed by atoms with van der Waals surface area (Å²) < 4.78 is 17.1.